The number of nitrogens with zero attached hydrogens (tertiary/aromatic N) is 1. The van der Waals surface area contributed by atoms with Gasteiger partial charge in [-0.3, -0.25) is 0 Å². The number of hydrogen-bond acceptors (Lipinski definition) is 4. The van der Waals surface area contributed by atoms with E-state index in [2.05, 4.69) is 26.0 Å². The van der Waals surface area contributed by atoms with Crippen LogP contribution in [-0.4, -0.2) is 41.2 Å². The third-order valence-corrected chi connectivity index (χ3v) is 3.75. The molecule has 1 aliphatic carbocycles. The molecule has 0 spiro atoms. The van der Waals surface area contributed by atoms with Crippen molar-refractivity contribution in [2.75, 3.05) is 19.7 Å². The summed E-state index contributed by atoms with van der Waals surface area (Å²) in [7, 11) is 0. The molecule has 0 aromatic carbocycles. The molecule has 0 aromatic rings. The number of hydrogen-bond donors (Lipinski definition) is 1. The molecule has 1 saturated heterocycles. The molecule has 1 saturated carbocycles. The molecule has 2 fully saturated rings. The van der Waals surface area contributed by atoms with Crippen molar-refractivity contribution in [1.29, 1.82) is 0 Å². The first-order chi connectivity index (χ1) is 7.24. The van der Waals surface area contributed by atoms with E-state index in [0.29, 0.717) is 12.7 Å². The van der Waals surface area contributed by atoms with Gasteiger partial charge in [0.05, 0.1) is 18.8 Å². The molecule has 0 aromatic heterocycles. The molecule has 2 rings (SSSR count). The van der Waals surface area contributed by atoms with Crippen LogP contribution in [0.5, 0.6) is 0 Å². The van der Waals surface area contributed by atoms with Gasteiger partial charge in [-0.2, -0.15) is 0 Å². The van der Waals surface area contributed by atoms with Crippen molar-refractivity contribution in [3.8, 4) is 0 Å². The van der Waals surface area contributed by atoms with Crippen molar-refractivity contribution in [1.82, 2.24) is 3.11 Å². The van der Waals surface area contributed by atoms with Crippen molar-refractivity contribution in [2.45, 2.75) is 44.1 Å². The maximum absolute atomic E-state index is 5.83. The fourth-order valence-electron chi connectivity index (χ4n) is 2.21. The van der Waals surface area contributed by atoms with Crippen LogP contribution in [0.2, 0.25) is 0 Å². The van der Waals surface area contributed by atoms with E-state index in [1.807, 2.05) is 0 Å². The molecular formula is C10H19IN2O2. The van der Waals surface area contributed by atoms with Crippen LogP contribution in [0.3, 0.4) is 0 Å². The second-order valence-corrected chi connectivity index (χ2v) is 5.73. The van der Waals surface area contributed by atoms with Gasteiger partial charge in [0, 0.05) is 36.0 Å². The van der Waals surface area contributed by atoms with E-state index in [1.165, 1.54) is 25.7 Å². The zero-order valence-electron chi connectivity index (χ0n) is 8.90. The Bertz CT molecular complexity index is 190. The zero-order chi connectivity index (χ0) is 10.7. The van der Waals surface area contributed by atoms with Gasteiger partial charge in [-0.1, -0.05) is 12.8 Å². The Morgan fingerprint density at radius 3 is 2.73 bits per heavy atom. The summed E-state index contributed by atoms with van der Waals surface area (Å²) < 4.78 is 13.6. The fraction of sp³-hybridized carbons (Fsp3) is 1.00. The molecule has 2 N–H and O–H groups in total. The summed E-state index contributed by atoms with van der Waals surface area (Å²) >= 11 is 2.29. The Balaban J connectivity index is 1.69. The molecule has 2 atom stereocenters. The molecule has 2 aliphatic rings. The second-order valence-electron chi connectivity index (χ2n) is 4.36. The largest absolute Gasteiger partial charge is 0.375 e. The lowest BCUT2D eigenvalue weighted by Crippen LogP contribution is -2.49. The summed E-state index contributed by atoms with van der Waals surface area (Å²) in [6, 6.07) is 0. The van der Waals surface area contributed by atoms with Gasteiger partial charge < -0.3 is 15.2 Å². The predicted molar refractivity (Wildman–Crippen MR) is 66.6 cm³/mol. The van der Waals surface area contributed by atoms with Crippen LogP contribution in [-0.2, 0) is 9.47 Å². The number of morpholine rings is 1. The highest BCUT2D eigenvalue weighted by Crippen LogP contribution is 2.22. The average molecular weight is 326 g/mol. The van der Waals surface area contributed by atoms with Crippen molar-refractivity contribution in [3.63, 3.8) is 0 Å². The smallest absolute Gasteiger partial charge is 0.119 e. The number of halogens is 1. The summed E-state index contributed by atoms with van der Waals surface area (Å²) in [5, 5.41) is 0. The maximum atomic E-state index is 5.83. The van der Waals surface area contributed by atoms with Crippen molar-refractivity contribution in [2.24, 2.45) is 5.73 Å². The topological polar surface area (TPSA) is 47.7 Å². The first kappa shape index (κ1) is 12.0. The lowest BCUT2D eigenvalue weighted by atomic mass is 10.3. The van der Waals surface area contributed by atoms with Gasteiger partial charge in [-0.15, -0.1) is 0 Å². The Morgan fingerprint density at radius 2 is 2.07 bits per heavy atom. The summed E-state index contributed by atoms with van der Waals surface area (Å²) in [6.45, 7) is 2.42. The van der Waals surface area contributed by atoms with Crippen LogP contribution in [0, 0.1) is 0 Å². The summed E-state index contributed by atoms with van der Waals surface area (Å²) in [4.78, 5) is 0. The van der Waals surface area contributed by atoms with Gasteiger partial charge >= 0.3 is 0 Å². The molecule has 4 nitrogen and oxygen atoms in total. The lowest BCUT2D eigenvalue weighted by molar-refractivity contribution is -0.100. The quantitative estimate of drug-likeness (QED) is 0.627. The van der Waals surface area contributed by atoms with Crippen LogP contribution in [0.1, 0.15) is 25.7 Å². The molecule has 5 heteroatoms. The molecule has 0 bridgehead atoms. The van der Waals surface area contributed by atoms with Crippen LogP contribution in [0.4, 0.5) is 0 Å². The first-order valence-corrected chi connectivity index (χ1v) is 6.64. The van der Waals surface area contributed by atoms with Gasteiger partial charge in [0.15, 0.2) is 0 Å². The highest BCUT2D eigenvalue weighted by Gasteiger charge is 2.25. The number of ether oxygens (including phenoxy) is 2. The molecule has 2 unspecified atom stereocenters. The first-order valence-electron chi connectivity index (χ1n) is 5.67. The Labute approximate surface area is 105 Å². The van der Waals surface area contributed by atoms with E-state index in [9.17, 15) is 0 Å². The standard InChI is InChI=1S/C10H19IN2O2/c11-13-5-9(15-10(12)6-13)7-14-8-3-1-2-4-8/h8-10H,1-7,12H2. The molecule has 1 aliphatic heterocycles. The third kappa shape index (κ3) is 3.81. The number of rotatable bonds is 3. The minimum absolute atomic E-state index is 0.145. The van der Waals surface area contributed by atoms with E-state index in [-0.39, 0.29) is 12.3 Å². The highest BCUT2D eigenvalue weighted by molar-refractivity contribution is 14.1. The van der Waals surface area contributed by atoms with Gasteiger partial charge in [-0.05, 0) is 12.8 Å². The van der Waals surface area contributed by atoms with E-state index in [1.54, 1.807) is 0 Å². The number of nitrogens with two attached hydrogens (primary N) is 1. The molecular weight excluding hydrogens is 307 g/mol. The third-order valence-electron chi connectivity index (χ3n) is 2.97. The fourth-order valence-corrected chi connectivity index (χ4v) is 3.04. The van der Waals surface area contributed by atoms with Crippen molar-refractivity contribution >= 4 is 22.9 Å². The van der Waals surface area contributed by atoms with Crippen molar-refractivity contribution < 1.29 is 9.47 Å². The maximum Gasteiger partial charge on any atom is 0.119 e. The second kappa shape index (κ2) is 5.77. The SMILES string of the molecule is NC1CN(I)CC(COC2CCCC2)O1. The van der Waals surface area contributed by atoms with Gasteiger partial charge in [0.1, 0.15) is 6.23 Å². The summed E-state index contributed by atoms with van der Waals surface area (Å²) in [6.07, 6.45) is 5.51. The van der Waals surface area contributed by atoms with E-state index in [0.717, 1.165) is 13.1 Å². The Hall–Kier alpha value is 0.570. The lowest BCUT2D eigenvalue weighted by Gasteiger charge is -2.33. The monoisotopic (exact) mass is 326 g/mol. The van der Waals surface area contributed by atoms with E-state index in [4.69, 9.17) is 15.2 Å². The van der Waals surface area contributed by atoms with Crippen LogP contribution in [0.25, 0.3) is 0 Å². The van der Waals surface area contributed by atoms with Crippen LogP contribution < -0.4 is 5.73 Å². The highest BCUT2D eigenvalue weighted by atomic mass is 127. The molecule has 88 valence electrons. The van der Waals surface area contributed by atoms with Crippen LogP contribution >= 0.6 is 22.9 Å². The molecule has 0 amide bonds. The van der Waals surface area contributed by atoms with Gasteiger partial charge in [0.25, 0.3) is 0 Å². The minimum Gasteiger partial charge on any atom is -0.375 e. The normalized spacial score (nSPS) is 34.8. The van der Waals surface area contributed by atoms with Gasteiger partial charge in [0.2, 0.25) is 0 Å². The summed E-state index contributed by atoms with van der Waals surface area (Å²) in [5.74, 6) is 0. The van der Waals surface area contributed by atoms with Crippen LogP contribution in [0.15, 0.2) is 0 Å². The molecule has 1 heterocycles. The summed E-state index contributed by atoms with van der Waals surface area (Å²) in [5.41, 5.74) is 5.78. The van der Waals surface area contributed by atoms with Crippen molar-refractivity contribution in [3.05, 3.63) is 0 Å². The minimum atomic E-state index is -0.159. The molecule has 0 radical (unpaired) electrons. The molecule has 15 heavy (non-hydrogen) atoms. The predicted octanol–water partition coefficient (Wildman–Crippen LogP) is 1.28. The Morgan fingerprint density at radius 1 is 1.33 bits per heavy atom. The van der Waals surface area contributed by atoms with E-state index >= 15 is 0 Å². The average Bonchev–Trinajstić information content (AvgIpc) is 2.65. The van der Waals surface area contributed by atoms with E-state index < -0.39 is 0 Å². The zero-order valence-corrected chi connectivity index (χ0v) is 11.1. The van der Waals surface area contributed by atoms with Gasteiger partial charge in [-0.25, -0.2) is 3.11 Å². The Kier molecular flexibility index (Phi) is 4.63.